The fourth-order valence-corrected chi connectivity index (χ4v) is 3.88. The van der Waals surface area contributed by atoms with E-state index in [0.717, 1.165) is 22.2 Å². The summed E-state index contributed by atoms with van der Waals surface area (Å²) in [6, 6.07) is 12.3. The first-order valence-corrected chi connectivity index (χ1v) is 9.88. The topological polar surface area (TPSA) is 67.5 Å². The predicted molar refractivity (Wildman–Crippen MR) is 116 cm³/mol. The molecule has 140 valence electrons. The van der Waals surface area contributed by atoms with Crippen molar-refractivity contribution in [2.45, 2.75) is 6.92 Å². The number of nitrogens with one attached hydrogen (secondary N) is 1. The lowest BCUT2D eigenvalue weighted by atomic mass is 10.1. The van der Waals surface area contributed by atoms with Crippen molar-refractivity contribution < 1.29 is 4.42 Å². The quantitative estimate of drug-likeness (QED) is 0.246. The molecule has 28 heavy (non-hydrogen) atoms. The van der Waals surface area contributed by atoms with Gasteiger partial charge >= 0.3 is 5.63 Å². The molecule has 2 aromatic carbocycles. The van der Waals surface area contributed by atoms with Gasteiger partial charge < -0.3 is 4.42 Å². The Morgan fingerprint density at radius 2 is 2.04 bits per heavy atom. The van der Waals surface area contributed by atoms with Crippen LogP contribution in [0.3, 0.4) is 0 Å². The van der Waals surface area contributed by atoms with E-state index in [-0.39, 0.29) is 0 Å². The Hall–Kier alpha value is -2.67. The summed E-state index contributed by atoms with van der Waals surface area (Å²) in [5.41, 5.74) is 6.24. The lowest BCUT2D eigenvalue weighted by Crippen LogP contribution is -2.01. The number of hydrogen-bond donors (Lipinski definition) is 1. The van der Waals surface area contributed by atoms with Crippen molar-refractivity contribution in [1.29, 1.82) is 0 Å². The predicted octanol–water partition coefficient (Wildman–Crippen LogP) is 5.98. The Kier molecular flexibility index (Phi) is 5.17. The van der Waals surface area contributed by atoms with Gasteiger partial charge in [0.05, 0.1) is 16.9 Å². The molecule has 0 aliphatic carbocycles. The first-order valence-electron chi connectivity index (χ1n) is 8.24. The molecule has 1 N–H and O–H groups in total. The van der Waals surface area contributed by atoms with Crippen LogP contribution in [0.2, 0.25) is 10.0 Å². The molecule has 0 aliphatic heterocycles. The average molecular weight is 430 g/mol. The van der Waals surface area contributed by atoms with Crippen molar-refractivity contribution in [3.8, 4) is 11.3 Å². The van der Waals surface area contributed by atoms with E-state index in [4.69, 9.17) is 27.6 Å². The summed E-state index contributed by atoms with van der Waals surface area (Å²) in [7, 11) is 0. The van der Waals surface area contributed by atoms with Gasteiger partial charge in [-0.25, -0.2) is 9.78 Å². The molecule has 0 atom stereocenters. The molecule has 0 saturated carbocycles. The minimum absolute atomic E-state index is 0.424. The number of hydrogen-bond acceptors (Lipinski definition) is 6. The van der Waals surface area contributed by atoms with Crippen molar-refractivity contribution >= 4 is 56.9 Å². The number of aryl methyl sites for hydroxylation is 1. The normalized spacial score (nSPS) is 11.4. The van der Waals surface area contributed by atoms with Crippen LogP contribution in [-0.2, 0) is 0 Å². The van der Waals surface area contributed by atoms with Gasteiger partial charge in [0.1, 0.15) is 5.58 Å². The fourth-order valence-electron chi connectivity index (χ4n) is 2.71. The molecule has 2 aromatic heterocycles. The summed E-state index contributed by atoms with van der Waals surface area (Å²) in [6.07, 6.45) is 1.58. The van der Waals surface area contributed by atoms with E-state index in [2.05, 4.69) is 15.5 Å². The zero-order valence-electron chi connectivity index (χ0n) is 14.6. The van der Waals surface area contributed by atoms with Crippen LogP contribution in [0.5, 0.6) is 0 Å². The fraction of sp³-hybridized carbons (Fsp3) is 0.0500. The van der Waals surface area contributed by atoms with Crippen molar-refractivity contribution in [1.82, 2.24) is 4.98 Å². The third-order valence-corrected chi connectivity index (χ3v) is 5.30. The minimum atomic E-state index is -0.424. The number of anilines is 1. The molecule has 0 aliphatic rings. The van der Waals surface area contributed by atoms with Gasteiger partial charge in [0.2, 0.25) is 5.13 Å². The number of rotatable bonds is 4. The molecule has 0 radical (unpaired) electrons. The highest BCUT2D eigenvalue weighted by Gasteiger charge is 2.09. The number of halogens is 2. The van der Waals surface area contributed by atoms with E-state index < -0.39 is 5.63 Å². The zero-order valence-corrected chi connectivity index (χ0v) is 16.9. The summed E-state index contributed by atoms with van der Waals surface area (Å²) < 4.78 is 5.22. The Morgan fingerprint density at radius 3 is 2.86 bits per heavy atom. The number of thiazole rings is 1. The second-order valence-corrected chi connectivity index (χ2v) is 7.75. The standard InChI is InChI=1S/C20H13Cl2N3O2S/c1-11-2-5-18-15(6-11)12(7-19(26)27-18)9-23-25-20-24-17(10-28-20)14-4-3-13(21)8-16(14)22/h2-10H,1H3,(H,24,25)/b23-9-. The maximum absolute atomic E-state index is 11.8. The van der Waals surface area contributed by atoms with E-state index >= 15 is 0 Å². The Bertz CT molecular complexity index is 1260. The average Bonchev–Trinajstić information content (AvgIpc) is 3.10. The molecule has 0 unspecified atom stereocenters. The second kappa shape index (κ2) is 7.75. The van der Waals surface area contributed by atoms with Crippen LogP contribution in [0.4, 0.5) is 5.13 Å². The van der Waals surface area contributed by atoms with Gasteiger partial charge in [-0.2, -0.15) is 5.10 Å². The first-order chi connectivity index (χ1) is 13.5. The summed E-state index contributed by atoms with van der Waals surface area (Å²) in [4.78, 5) is 16.2. The van der Waals surface area contributed by atoms with Gasteiger partial charge in [0, 0.05) is 33.0 Å². The van der Waals surface area contributed by atoms with Gasteiger partial charge in [-0.1, -0.05) is 34.8 Å². The lowest BCUT2D eigenvalue weighted by Gasteiger charge is -2.02. The molecular formula is C20H13Cl2N3O2S. The number of nitrogens with zero attached hydrogens (tertiary/aromatic N) is 2. The second-order valence-electron chi connectivity index (χ2n) is 6.05. The number of hydrazone groups is 1. The highest BCUT2D eigenvalue weighted by atomic mass is 35.5. The van der Waals surface area contributed by atoms with Crippen LogP contribution < -0.4 is 11.1 Å². The Labute approximate surface area is 174 Å². The van der Waals surface area contributed by atoms with Crippen molar-refractivity contribution in [3.05, 3.63) is 79.4 Å². The molecule has 0 saturated heterocycles. The maximum Gasteiger partial charge on any atom is 0.336 e. The molecule has 2 heterocycles. The van der Waals surface area contributed by atoms with Crippen LogP contribution in [0.1, 0.15) is 11.1 Å². The third kappa shape index (κ3) is 3.94. The van der Waals surface area contributed by atoms with Gasteiger partial charge in [-0.05, 0) is 37.3 Å². The van der Waals surface area contributed by atoms with E-state index in [1.165, 1.54) is 17.4 Å². The SMILES string of the molecule is Cc1ccc2oc(=O)cc(/C=N\Nc3nc(-c4ccc(Cl)cc4Cl)cs3)c2c1. The molecule has 0 bridgehead atoms. The number of aromatic nitrogens is 1. The van der Waals surface area contributed by atoms with Gasteiger partial charge in [0.15, 0.2) is 0 Å². The third-order valence-electron chi connectivity index (χ3n) is 4.01. The molecule has 4 aromatic rings. The molecule has 0 amide bonds. The van der Waals surface area contributed by atoms with Crippen LogP contribution >= 0.6 is 34.5 Å². The lowest BCUT2D eigenvalue weighted by molar-refractivity contribution is 0.560. The van der Waals surface area contributed by atoms with E-state index in [1.807, 2.05) is 30.5 Å². The summed E-state index contributed by atoms with van der Waals surface area (Å²) in [5, 5.41) is 8.61. The number of benzene rings is 2. The molecule has 8 heteroatoms. The highest BCUT2D eigenvalue weighted by Crippen LogP contribution is 2.32. The zero-order chi connectivity index (χ0) is 19.7. The monoisotopic (exact) mass is 429 g/mol. The minimum Gasteiger partial charge on any atom is -0.423 e. The smallest absolute Gasteiger partial charge is 0.336 e. The van der Waals surface area contributed by atoms with E-state index in [1.54, 1.807) is 24.4 Å². The summed E-state index contributed by atoms with van der Waals surface area (Å²) in [6.45, 7) is 1.97. The molecule has 5 nitrogen and oxygen atoms in total. The molecule has 0 spiro atoms. The van der Waals surface area contributed by atoms with Crippen LogP contribution in [0.15, 0.2) is 62.2 Å². The number of fused-ring (bicyclic) bond motifs is 1. The van der Waals surface area contributed by atoms with Gasteiger partial charge in [-0.15, -0.1) is 11.3 Å². The highest BCUT2D eigenvalue weighted by molar-refractivity contribution is 7.14. The van der Waals surface area contributed by atoms with Crippen LogP contribution in [0, 0.1) is 6.92 Å². The van der Waals surface area contributed by atoms with Crippen molar-refractivity contribution in [3.63, 3.8) is 0 Å². The van der Waals surface area contributed by atoms with Crippen molar-refractivity contribution in [2.24, 2.45) is 5.10 Å². The largest absolute Gasteiger partial charge is 0.423 e. The van der Waals surface area contributed by atoms with Crippen molar-refractivity contribution in [2.75, 3.05) is 5.43 Å². The first kappa shape index (κ1) is 18.7. The summed E-state index contributed by atoms with van der Waals surface area (Å²) in [5.74, 6) is 0. The Balaban J connectivity index is 1.58. The van der Waals surface area contributed by atoms with Gasteiger partial charge in [0.25, 0.3) is 0 Å². The molecule has 0 fully saturated rings. The van der Waals surface area contributed by atoms with Gasteiger partial charge in [-0.3, -0.25) is 5.43 Å². The summed E-state index contributed by atoms with van der Waals surface area (Å²) >= 11 is 13.6. The molecule has 4 rings (SSSR count). The van der Waals surface area contributed by atoms with E-state index in [9.17, 15) is 4.79 Å². The maximum atomic E-state index is 11.8. The Morgan fingerprint density at radius 1 is 1.18 bits per heavy atom. The van der Waals surface area contributed by atoms with E-state index in [0.29, 0.717) is 26.3 Å². The van der Waals surface area contributed by atoms with Crippen LogP contribution in [0.25, 0.3) is 22.2 Å². The molecular weight excluding hydrogens is 417 g/mol. The van der Waals surface area contributed by atoms with Crippen LogP contribution in [-0.4, -0.2) is 11.2 Å².